The molecule has 6 heteroatoms. The van der Waals surface area contributed by atoms with Crippen molar-refractivity contribution in [3.05, 3.63) is 69.0 Å². The van der Waals surface area contributed by atoms with E-state index in [1.807, 2.05) is 61.5 Å². The van der Waals surface area contributed by atoms with E-state index < -0.39 is 0 Å². The quantitative estimate of drug-likeness (QED) is 0.626. The van der Waals surface area contributed by atoms with E-state index in [0.717, 1.165) is 15.7 Å². The van der Waals surface area contributed by atoms with E-state index >= 15 is 0 Å². The van der Waals surface area contributed by atoms with Crippen molar-refractivity contribution in [3.63, 3.8) is 0 Å². The number of amides is 1. The topological polar surface area (TPSA) is 41.9 Å². The number of thioether (sulfide) groups is 1. The first-order chi connectivity index (χ1) is 12.6. The molecule has 1 amide bonds. The van der Waals surface area contributed by atoms with E-state index in [1.54, 1.807) is 12.0 Å². The van der Waals surface area contributed by atoms with E-state index in [-0.39, 0.29) is 5.91 Å². The van der Waals surface area contributed by atoms with Crippen molar-refractivity contribution in [3.8, 4) is 0 Å². The smallest absolute Gasteiger partial charge is 0.266 e. The molecule has 0 bridgehead atoms. The Morgan fingerprint density at radius 2 is 1.85 bits per heavy atom. The summed E-state index contributed by atoms with van der Waals surface area (Å²) >= 11 is 4.82. The Morgan fingerprint density at radius 1 is 1.15 bits per heavy atom. The Labute approximate surface area is 166 Å². The largest absolute Gasteiger partial charge is 0.383 e. The van der Waals surface area contributed by atoms with E-state index in [9.17, 15) is 4.79 Å². The van der Waals surface area contributed by atoms with Crippen LogP contribution in [0.4, 0.5) is 5.69 Å². The van der Waals surface area contributed by atoms with Crippen molar-refractivity contribution in [1.82, 2.24) is 4.90 Å². The van der Waals surface area contributed by atoms with Crippen LogP contribution in [0.2, 0.25) is 0 Å². The number of halogens is 1. The Balaban J connectivity index is 1.91. The summed E-state index contributed by atoms with van der Waals surface area (Å²) in [6.07, 6.45) is 1.90. The summed E-state index contributed by atoms with van der Waals surface area (Å²) in [4.78, 5) is 19.8. The first-order valence-electron chi connectivity index (χ1n) is 8.18. The zero-order valence-corrected chi connectivity index (χ0v) is 17.0. The fraction of sp³-hybridized carbons (Fsp3) is 0.200. The minimum absolute atomic E-state index is 0.0409. The van der Waals surface area contributed by atoms with Crippen LogP contribution >= 0.6 is 27.7 Å². The highest BCUT2D eigenvalue weighted by Crippen LogP contribution is 2.34. The number of hydrogen-bond donors (Lipinski definition) is 0. The number of amidine groups is 1. The molecule has 4 nitrogen and oxygen atoms in total. The Hall–Kier alpha value is -1.89. The van der Waals surface area contributed by atoms with Crippen LogP contribution in [-0.4, -0.2) is 36.2 Å². The first kappa shape index (κ1) is 18.9. The van der Waals surface area contributed by atoms with Gasteiger partial charge in [-0.15, -0.1) is 0 Å². The van der Waals surface area contributed by atoms with Gasteiger partial charge < -0.3 is 4.74 Å². The fourth-order valence-corrected chi connectivity index (χ4v) is 3.70. The van der Waals surface area contributed by atoms with E-state index in [4.69, 9.17) is 4.74 Å². The summed E-state index contributed by atoms with van der Waals surface area (Å²) in [5, 5.41) is 0.680. The van der Waals surface area contributed by atoms with Crippen molar-refractivity contribution in [2.45, 2.75) is 6.92 Å². The number of carbonyl (C=O) groups excluding carboxylic acids is 1. The van der Waals surface area contributed by atoms with E-state index in [0.29, 0.717) is 23.2 Å². The number of rotatable bonds is 5. The Morgan fingerprint density at radius 3 is 2.50 bits per heavy atom. The molecule has 1 saturated heterocycles. The minimum atomic E-state index is -0.0409. The molecule has 1 heterocycles. The summed E-state index contributed by atoms with van der Waals surface area (Å²) in [7, 11) is 1.63. The number of ether oxygens (including phenoxy) is 1. The number of hydrogen-bond acceptors (Lipinski definition) is 4. The van der Waals surface area contributed by atoms with E-state index in [1.165, 1.54) is 17.3 Å². The number of benzene rings is 2. The van der Waals surface area contributed by atoms with Crippen molar-refractivity contribution < 1.29 is 9.53 Å². The van der Waals surface area contributed by atoms with E-state index in [2.05, 4.69) is 20.9 Å². The van der Waals surface area contributed by atoms with Gasteiger partial charge in [0.05, 0.1) is 23.7 Å². The maximum Gasteiger partial charge on any atom is 0.266 e. The van der Waals surface area contributed by atoms with Crippen molar-refractivity contribution >= 4 is 50.5 Å². The first-order valence-corrected chi connectivity index (χ1v) is 9.79. The molecule has 0 unspecified atom stereocenters. The lowest BCUT2D eigenvalue weighted by Gasteiger charge is -2.14. The van der Waals surface area contributed by atoms with Crippen LogP contribution in [-0.2, 0) is 9.53 Å². The molecule has 0 spiro atoms. The SMILES string of the molecule is COCCN1C(=O)/C(=C\c2ccc(Br)cc2)SC1=Nc1ccc(C)cc1. The fourth-order valence-electron chi connectivity index (χ4n) is 2.41. The normalized spacial score (nSPS) is 17.5. The second-order valence-electron chi connectivity index (χ2n) is 5.84. The lowest BCUT2D eigenvalue weighted by Crippen LogP contribution is -2.32. The molecule has 2 aromatic rings. The molecule has 26 heavy (non-hydrogen) atoms. The van der Waals surface area contributed by atoms with Crippen LogP contribution in [0.3, 0.4) is 0 Å². The number of aliphatic imine (C=N–C) groups is 1. The third kappa shape index (κ3) is 4.63. The van der Waals surface area contributed by atoms with Crippen LogP contribution in [0.25, 0.3) is 6.08 Å². The highest BCUT2D eigenvalue weighted by atomic mass is 79.9. The lowest BCUT2D eigenvalue weighted by molar-refractivity contribution is -0.122. The molecular weight excluding hydrogens is 412 g/mol. The number of methoxy groups -OCH3 is 1. The maximum atomic E-state index is 12.8. The third-order valence-corrected chi connectivity index (χ3v) is 5.37. The van der Waals surface area contributed by atoms with Gasteiger partial charge in [0.15, 0.2) is 5.17 Å². The average Bonchev–Trinajstić information content (AvgIpc) is 2.92. The summed E-state index contributed by atoms with van der Waals surface area (Å²) in [5.41, 5.74) is 2.99. The summed E-state index contributed by atoms with van der Waals surface area (Å²) in [5.74, 6) is -0.0409. The van der Waals surface area contributed by atoms with Crippen LogP contribution in [0.15, 0.2) is 62.9 Å². The van der Waals surface area contributed by atoms with Crippen molar-refractivity contribution in [2.24, 2.45) is 4.99 Å². The van der Waals surface area contributed by atoms with Crippen molar-refractivity contribution in [2.75, 3.05) is 20.3 Å². The predicted octanol–water partition coefficient (Wildman–Crippen LogP) is 5.01. The zero-order valence-electron chi connectivity index (χ0n) is 14.6. The van der Waals surface area contributed by atoms with Crippen LogP contribution < -0.4 is 0 Å². The van der Waals surface area contributed by atoms with Gasteiger partial charge in [-0.25, -0.2) is 4.99 Å². The molecule has 1 aliphatic rings. The molecule has 0 aliphatic carbocycles. The van der Waals surface area contributed by atoms with Gasteiger partial charge in [0.25, 0.3) is 5.91 Å². The minimum Gasteiger partial charge on any atom is -0.383 e. The molecule has 3 rings (SSSR count). The molecule has 0 aromatic heterocycles. The second-order valence-corrected chi connectivity index (χ2v) is 7.77. The third-order valence-electron chi connectivity index (χ3n) is 3.83. The predicted molar refractivity (Wildman–Crippen MR) is 112 cm³/mol. The summed E-state index contributed by atoms with van der Waals surface area (Å²) in [6, 6.07) is 15.8. The van der Waals surface area contributed by atoms with Crippen LogP contribution in [0, 0.1) is 6.92 Å². The lowest BCUT2D eigenvalue weighted by atomic mass is 10.2. The highest BCUT2D eigenvalue weighted by molar-refractivity contribution is 9.10. The summed E-state index contributed by atoms with van der Waals surface area (Å²) < 4.78 is 6.16. The monoisotopic (exact) mass is 430 g/mol. The van der Waals surface area contributed by atoms with Crippen molar-refractivity contribution in [1.29, 1.82) is 0 Å². The molecule has 134 valence electrons. The molecule has 1 aliphatic heterocycles. The van der Waals surface area contributed by atoms with Crippen LogP contribution in [0.5, 0.6) is 0 Å². The standard InChI is InChI=1S/C20H19BrN2O2S/c1-14-3-9-17(10-4-14)22-20-23(11-12-25-2)19(24)18(26-20)13-15-5-7-16(21)8-6-15/h3-10,13H,11-12H2,1-2H3/b18-13+,22-20?. The Kier molecular flexibility index (Phi) is 6.29. The molecule has 0 saturated carbocycles. The van der Waals surface area contributed by atoms with Gasteiger partial charge in [-0.1, -0.05) is 45.8 Å². The molecule has 0 atom stereocenters. The van der Waals surface area contributed by atoms with Gasteiger partial charge in [-0.3, -0.25) is 9.69 Å². The van der Waals surface area contributed by atoms with Gasteiger partial charge in [-0.2, -0.15) is 0 Å². The van der Waals surface area contributed by atoms with Gasteiger partial charge >= 0.3 is 0 Å². The van der Waals surface area contributed by atoms with Gasteiger partial charge in [0.2, 0.25) is 0 Å². The number of carbonyl (C=O) groups is 1. The van der Waals surface area contributed by atoms with Gasteiger partial charge in [0.1, 0.15) is 0 Å². The summed E-state index contributed by atoms with van der Waals surface area (Å²) in [6.45, 7) is 2.98. The number of nitrogens with zero attached hydrogens (tertiary/aromatic N) is 2. The Bertz CT molecular complexity index is 845. The molecule has 0 N–H and O–H groups in total. The highest BCUT2D eigenvalue weighted by Gasteiger charge is 2.33. The molecular formula is C20H19BrN2O2S. The zero-order chi connectivity index (χ0) is 18.5. The molecule has 2 aromatic carbocycles. The number of aryl methyl sites for hydroxylation is 1. The molecule has 0 radical (unpaired) electrons. The van der Waals surface area contributed by atoms with Gasteiger partial charge in [-0.05, 0) is 54.6 Å². The maximum absolute atomic E-state index is 12.8. The van der Waals surface area contributed by atoms with Gasteiger partial charge in [0, 0.05) is 11.6 Å². The second kappa shape index (κ2) is 8.66. The van der Waals surface area contributed by atoms with Crippen LogP contribution in [0.1, 0.15) is 11.1 Å². The molecule has 1 fully saturated rings. The average molecular weight is 431 g/mol.